The van der Waals surface area contributed by atoms with Crippen molar-refractivity contribution in [3.63, 3.8) is 0 Å². The number of carbonyl (C=O) groups is 3. The van der Waals surface area contributed by atoms with Crippen molar-refractivity contribution in [1.29, 1.82) is 0 Å². The minimum atomic E-state index is -2.99. The SMILES string of the molecule is [B][C@@H]1[C@H](C)C(=O)[C@](C)(F)C(=O)O[C@H](CC)[C@@]2(C)OC(=O)N(CCCCn3cc(-c4cccc(N)c4)nn3)[C@@H]2[C@@H](C)NC[C@H](C)C[C@@]1(C)OC. The van der Waals surface area contributed by atoms with E-state index in [0.29, 0.717) is 50.3 Å². The summed E-state index contributed by atoms with van der Waals surface area (Å²) in [7, 11) is 8.05. The third-order valence-corrected chi connectivity index (χ3v) is 10.5. The fourth-order valence-electron chi connectivity index (χ4n) is 7.46. The van der Waals surface area contributed by atoms with Gasteiger partial charge in [-0.3, -0.25) is 14.4 Å². The zero-order chi connectivity index (χ0) is 36.3. The van der Waals surface area contributed by atoms with Crippen LogP contribution in [0.3, 0.4) is 0 Å². The van der Waals surface area contributed by atoms with Gasteiger partial charge < -0.3 is 25.3 Å². The van der Waals surface area contributed by atoms with Gasteiger partial charge in [0, 0.05) is 43.4 Å². The lowest BCUT2D eigenvalue weighted by Gasteiger charge is -2.41. The molecule has 12 nitrogen and oxygen atoms in total. The number of cyclic esters (lactones) is 1. The smallest absolute Gasteiger partial charge is 0.410 e. The maximum atomic E-state index is 16.2. The third kappa shape index (κ3) is 7.95. The first-order chi connectivity index (χ1) is 23.0. The highest BCUT2D eigenvalue weighted by Gasteiger charge is 2.59. The number of halogens is 1. The summed E-state index contributed by atoms with van der Waals surface area (Å²) >= 11 is 0. The number of Topliss-reactive ketones (excluding diaryl/α,β-unsaturated/α-hetero) is 1. The molecule has 0 unspecified atom stereocenters. The Morgan fingerprint density at radius 1 is 1.14 bits per heavy atom. The van der Waals surface area contributed by atoms with Crippen molar-refractivity contribution in [2.75, 3.05) is 25.9 Å². The van der Waals surface area contributed by atoms with Crippen LogP contribution >= 0.6 is 0 Å². The quantitative estimate of drug-likeness (QED) is 0.134. The second-order valence-electron chi connectivity index (χ2n) is 14.4. The number of hydrogen-bond donors (Lipinski definition) is 2. The van der Waals surface area contributed by atoms with Crippen molar-refractivity contribution in [2.24, 2.45) is 11.8 Å². The molecule has 4 rings (SSSR count). The molecule has 0 aliphatic carbocycles. The summed E-state index contributed by atoms with van der Waals surface area (Å²) in [5.74, 6) is -4.27. The maximum absolute atomic E-state index is 16.2. The highest BCUT2D eigenvalue weighted by molar-refractivity contribution is 6.17. The molecule has 14 heteroatoms. The van der Waals surface area contributed by atoms with E-state index in [0.717, 1.165) is 12.5 Å². The zero-order valence-electron chi connectivity index (χ0n) is 30.1. The molecular formula is C35H52BFN6O6. The number of anilines is 1. The fourth-order valence-corrected chi connectivity index (χ4v) is 7.46. The summed E-state index contributed by atoms with van der Waals surface area (Å²) in [6.45, 7) is 13.1. The monoisotopic (exact) mass is 682 g/mol. The molecular weight excluding hydrogens is 630 g/mol. The predicted molar refractivity (Wildman–Crippen MR) is 185 cm³/mol. The molecule has 9 atom stereocenters. The number of benzene rings is 1. The Balaban J connectivity index is 1.57. The second-order valence-corrected chi connectivity index (χ2v) is 14.4. The van der Waals surface area contributed by atoms with E-state index in [2.05, 4.69) is 15.6 Å². The Bertz CT molecular complexity index is 1490. The van der Waals surface area contributed by atoms with Crippen LogP contribution in [0.25, 0.3) is 11.3 Å². The van der Waals surface area contributed by atoms with E-state index in [1.165, 1.54) is 14.0 Å². The molecule has 3 N–H and O–H groups in total. The van der Waals surface area contributed by atoms with E-state index in [-0.39, 0.29) is 18.4 Å². The Labute approximate surface area is 290 Å². The number of esters is 1. The summed E-state index contributed by atoms with van der Waals surface area (Å²) in [5, 5.41) is 12.1. The standard InChI is InChI=1S/C35H52BFN6O6/c1-9-27-35(7)29(43(32(46)49-35)16-11-10-15-42-20-26(40-41-42)24-13-12-14-25(38)17-24)23(4)39-19-21(2)18-33(5,47-8)28(36)22(3)30(44)34(6,37)31(45)48-27/h12-14,17,20-23,27-29,39H,9-11,15-16,18-19,38H2,1-8H3/t21-,22+,23-,27-,28-,29-,33-,34+,35-/m1/s1. The van der Waals surface area contributed by atoms with Gasteiger partial charge in [0.05, 0.1) is 25.7 Å². The Morgan fingerprint density at radius 2 is 1.84 bits per heavy atom. The Morgan fingerprint density at radius 3 is 2.49 bits per heavy atom. The number of unbranched alkanes of at least 4 members (excludes halogenated alkanes) is 1. The lowest BCUT2D eigenvalue weighted by Crippen LogP contribution is -2.61. The molecule has 0 spiro atoms. The number of aryl methyl sites for hydroxylation is 1. The van der Waals surface area contributed by atoms with Crippen LogP contribution in [0.15, 0.2) is 30.5 Å². The lowest BCUT2D eigenvalue weighted by molar-refractivity contribution is -0.179. The van der Waals surface area contributed by atoms with Gasteiger partial charge in [-0.1, -0.05) is 38.1 Å². The van der Waals surface area contributed by atoms with Crippen LogP contribution in [0.2, 0.25) is 5.82 Å². The zero-order valence-corrected chi connectivity index (χ0v) is 30.1. The van der Waals surface area contributed by atoms with Crippen LogP contribution in [-0.4, -0.2) is 101 Å². The van der Waals surface area contributed by atoms with E-state index in [1.807, 2.05) is 44.3 Å². The Hall–Kier alpha value is -3.52. The number of methoxy groups -OCH3 is 1. The molecule has 268 valence electrons. The van der Waals surface area contributed by atoms with E-state index in [1.54, 1.807) is 30.4 Å². The number of ether oxygens (including phenoxy) is 3. The molecule has 1 amide bonds. The van der Waals surface area contributed by atoms with Crippen LogP contribution in [0, 0.1) is 11.8 Å². The lowest BCUT2D eigenvalue weighted by atomic mass is 9.62. The van der Waals surface area contributed by atoms with Crippen molar-refractivity contribution in [3.8, 4) is 11.3 Å². The van der Waals surface area contributed by atoms with Crippen LogP contribution in [0.4, 0.5) is 14.9 Å². The first kappa shape index (κ1) is 38.3. The van der Waals surface area contributed by atoms with Gasteiger partial charge in [0.1, 0.15) is 11.8 Å². The van der Waals surface area contributed by atoms with Gasteiger partial charge in [0.25, 0.3) is 5.67 Å². The van der Waals surface area contributed by atoms with Gasteiger partial charge >= 0.3 is 12.1 Å². The van der Waals surface area contributed by atoms with E-state index >= 15 is 4.39 Å². The molecule has 2 aromatic rings. The molecule has 2 saturated heterocycles. The molecule has 1 aromatic heterocycles. The number of alkyl halides is 1. The number of hydrogen-bond acceptors (Lipinski definition) is 10. The molecule has 2 radical (unpaired) electrons. The van der Waals surface area contributed by atoms with Crippen molar-refractivity contribution in [2.45, 2.75) is 122 Å². The summed E-state index contributed by atoms with van der Waals surface area (Å²) < 4.78 is 35.6. The van der Waals surface area contributed by atoms with Crippen LogP contribution in [0.1, 0.15) is 74.1 Å². The molecule has 3 heterocycles. The molecule has 2 aliphatic heterocycles. The normalized spacial score (nSPS) is 34.9. The molecule has 1 aromatic carbocycles. The molecule has 0 bridgehead atoms. The molecule has 49 heavy (non-hydrogen) atoms. The molecule has 2 aliphatic rings. The number of ketones is 1. The predicted octanol–water partition coefficient (Wildman–Crippen LogP) is 4.52. The van der Waals surface area contributed by atoms with Gasteiger partial charge in [0.2, 0.25) is 0 Å². The summed E-state index contributed by atoms with van der Waals surface area (Å²) in [6.07, 6.45) is 2.24. The number of nitrogens with two attached hydrogens (primary N) is 1. The first-order valence-electron chi connectivity index (χ1n) is 17.2. The van der Waals surface area contributed by atoms with Crippen LogP contribution in [0.5, 0.6) is 0 Å². The van der Waals surface area contributed by atoms with E-state index < -0.39 is 58.6 Å². The van der Waals surface area contributed by atoms with Crippen LogP contribution in [-0.2, 0) is 30.3 Å². The number of aromatic nitrogens is 3. The minimum Gasteiger partial charge on any atom is -0.455 e. The molecule has 2 fully saturated rings. The maximum Gasteiger partial charge on any atom is 0.410 e. The van der Waals surface area contributed by atoms with Gasteiger partial charge in [-0.2, -0.15) is 0 Å². The third-order valence-electron chi connectivity index (χ3n) is 10.5. The van der Waals surface area contributed by atoms with E-state index in [9.17, 15) is 14.4 Å². The number of nitrogens with zero attached hydrogens (tertiary/aromatic N) is 4. The number of rotatable bonds is 8. The largest absolute Gasteiger partial charge is 0.455 e. The van der Waals surface area contributed by atoms with Crippen molar-refractivity contribution < 1.29 is 33.0 Å². The number of nitrogens with one attached hydrogen (secondary N) is 1. The fraction of sp³-hybridized carbons (Fsp3) is 0.686. The van der Waals surface area contributed by atoms with Crippen molar-refractivity contribution in [1.82, 2.24) is 25.2 Å². The molecule has 0 saturated carbocycles. The van der Waals surface area contributed by atoms with Gasteiger partial charge in [-0.25, -0.2) is 14.0 Å². The van der Waals surface area contributed by atoms with Crippen molar-refractivity contribution in [3.05, 3.63) is 30.5 Å². The Kier molecular flexibility index (Phi) is 11.8. The average molecular weight is 683 g/mol. The highest BCUT2D eigenvalue weighted by Crippen LogP contribution is 2.41. The summed E-state index contributed by atoms with van der Waals surface area (Å²) in [5.41, 5.74) is 2.82. The number of nitrogen functional groups attached to an aromatic ring is 1. The number of amides is 1. The van der Waals surface area contributed by atoms with Crippen LogP contribution < -0.4 is 11.1 Å². The number of carbonyl (C=O) groups excluding carboxylic acids is 3. The minimum absolute atomic E-state index is 0.0140. The average Bonchev–Trinajstić information content (AvgIpc) is 3.64. The van der Waals surface area contributed by atoms with Gasteiger partial charge in [-0.05, 0) is 83.8 Å². The number of fused-ring (bicyclic) bond motifs is 1. The van der Waals surface area contributed by atoms with Crippen molar-refractivity contribution >= 4 is 31.4 Å². The topological polar surface area (TPSA) is 151 Å². The second kappa shape index (κ2) is 15.2. The van der Waals surface area contributed by atoms with E-state index in [4.69, 9.17) is 27.8 Å². The van der Waals surface area contributed by atoms with Gasteiger partial charge in [0.15, 0.2) is 11.4 Å². The summed E-state index contributed by atoms with van der Waals surface area (Å²) in [4.78, 5) is 42.1. The van der Waals surface area contributed by atoms with Gasteiger partial charge in [-0.15, -0.1) is 5.10 Å². The first-order valence-corrected chi connectivity index (χ1v) is 17.2. The highest BCUT2D eigenvalue weighted by atomic mass is 19.1. The summed E-state index contributed by atoms with van der Waals surface area (Å²) in [6, 6.07) is 6.52.